The van der Waals surface area contributed by atoms with Gasteiger partial charge in [-0.3, -0.25) is 14.6 Å². The number of rotatable bonds is 10. The number of nitrogens with two attached hydrogens (primary N) is 2. The first-order valence-electron chi connectivity index (χ1n) is 8.41. The molecule has 2 aliphatic heterocycles. The normalized spacial score (nSPS) is 26.2. The molecule has 2 amide bonds. The van der Waals surface area contributed by atoms with Gasteiger partial charge in [0.1, 0.15) is 5.70 Å². The molecule has 6 N–H and O–H groups in total. The molecule has 2 rings (SSSR count). The first-order chi connectivity index (χ1) is 12.3. The number of carbonyl (C=O) groups excluding carboxylic acids is 2. The number of carbonyl (C=O) groups is 3. The van der Waals surface area contributed by atoms with Crippen molar-refractivity contribution in [1.82, 2.24) is 4.90 Å². The largest absolute Gasteiger partial charge is 0.477 e. The molecule has 26 heavy (non-hydrogen) atoms. The number of primary amides is 1. The molecule has 0 aromatic heterocycles. The molecule has 0 bridgehead atoms. The Hall–Kier alpha value is -2.07. The maximum atomic E-state index is 12.4. The minimum absolute atomic E-state index is 0.0429. The predicted molar refractivity (Wildman–Crippen MR) is 97.0 cm³/mol. The van der Waals surface area contributed by atoms with Gasteiger partial charge < -0.3 is 26.6 Å². The van der Waals surface area contributed by atoms with Gasteiger partial charge in [-0.15, -0.1) is 11.8 Å². The van der Waals surface area contributed by atoms with Crippen molar-refractivity contribution in [2.24, 2.45) is 28.3 Å². The quantitative estimate of drug-likeness (QED) is 0.171. The van der Waals surface area contributed by atoms with Gasteiger partial charge in [0.05, 0.1) is 24.4 Å². The number of nitrogens with zero attached hydrogens (tertiary/aromatic N) is 2. The number of carboxylic acids is 1. The number of carboxylic acid groups (broad SMARTS) is 1. The van der Waals surface area contributed by atoms with E-state index < -0.39 is 23.9 Å². The number of hydrogen-bond donors (Lipinski definition) is 4. The summed E-state index contributed by atoms with van der Waals surface area (Å²) in [5.74, 6) is -2.53. The highest BCUT2D eigenvalue weighted by Crippen LogP contribution is 2.52. The number of thioether (sulfide) groups is 1. The van der Waals surface area contributed by atoms with Gasteiger partial charge in [0.15, 0.2) is 0 Å². The Kier molecular flexibility index (Phi) is 6.65. The molecular formula is C16H24N4O5S. The highest BCUT2D eigenvalue weighted by atomic mass is 32.2. The first-order valence-corrected chi connectivity index (χ1v) is 9.39. The van der Waals surface area contributed by atoms with Crippen molar-refractivity contribution in [2.45, 2.75) is 38.3 Å². The summed E-state index contributed by atoms with van der Waals surface area (Å²) in [4.78, 5) is 41.0. The Balaban J connectivity index is 2.28. The van der Waals surface area contributed by atoms with Crippen LogP contribution < -0.4 is 11.5 Å². The van der Waals surface area contributed by atoms with Crippen molar-refractivity contribution in [2.75, 3.05) is 12.3 Å². The molecule has 0 aromatic rings. The maximum Gasteiger partial charge on any atom is 0.353 e. The van der Waals surface area contributed by atoms with Gasteiger partial charge in [0.2, 0.25) is 11.8 Å². The number of aliphatic hydroxyl groups is 1. The molecule has 2 aliphatic rings. The summed E-state index contributed by atoms with van der Waals surface area (Å²) in [7, 11) is 0. The van der Waals surface area contributed by atoms with Crippen LogP contribution in [0.3, 0.4) is 0 Å². The molecule has 0 unspecified atom stereocenters. The zero-order valence-electron chi connectivity index (χ0n) is 14.5. The van der Waals surface area contributed by atoms with Crippen LogP contribution >= 0.6 is 11.8 Å². The highest BCUT2D eigenvalue weighted by molar-refractivity contribution is 8.03. The number of β-lactam (4-membered cyclic amide) rings is 1. The molecule has 9 nitrogen and oxygen atoms in total. The fourth-order valence-corrected chi connectivity index (χ4v) is 4.90. The second-order valence-electron chi connectivity index (χ2n) is 6.35. The Labute approximate surface area is 155 Å². The SMILES string of the molecule is C[C@@H](O)[C@H]1C(=O)N2C(C(=O)O)=C(SCCC(N)=O)[C@H](CCCN=CN)[C@H]12. The Morgan fingerprint density at radius 2 is 2.15 bits per heavy atom. The van der Waals surface area contributed by atoms with Gasteiger partial charge >= 0.3 is 5.97 Å². The van der Waals surface area contributed by atoms with Gasteiger partial charge in [-0.25, -0.2) is 4.79 Å². The minimum Gasteiger partial charge on any atom is -0.477 e. The summed E-state index contributed by atoms with van der Waals surface area (Å²) in [5, 5.41) is 19.6. The lowest BCUT2D eigenvalue weighted by molar-refractivity contribution is -0.163. The van der Waals surface area contributed by atoms with Gasteiger partial charge in [-0.1, -0.05) is 0 Å². The van der Waals surface area contributed by atoms with Gasteiger partial charge in [0.25, 0.3) is 0 Å². The van der Waals surface area contributed by atoms with Gasteiger partial charge in [-0.2, -0.15) is 0 Å². The third-order valence-electron chi connectivity index (χ3n) is 4.65. The molecule has 4 atom stereocenters. The van der Waals surface area contributed by atoms with Crippen LogP contribution in [0.25, 0.3) is 0 Å². The maximum absolute atomic E-state index is 12.4. The second kappa shape index (κ2) is 8.54. The summed E-state index contributed by atoms with van der Waals surface area (Å²) in [6.45, 7) is 2.03. The lowest BCUT2D eigenvalue weighted by atomic mass is 9.77. The number of aliphatic imine (C=N–C) groups is 1. The monoisotopic (exact) mass is 384 g/mol. The van der Waals surface area contributed by atoms with Gasteiger partial charge in [-0.05, 0) is 19.8 Å². The van der Waals surface area contributed by atoms with E-state index in [-0.39, 0.29) is 30.0 Å². The average Bonchev–Trinajstić information content (AvgIpc) is 2.81. The van der Waals surface area contributed by atoms with Crippen LogP contribution in [0.2, 0.25) is 0 Å². The van der Waals surface area contributed by atoms with Crippen LogP contribution in [0, 0.1) is 11.8 Å². The van der Waals surface area contributed by atoms with Crippen molar-refractivity contribution >= 4 is 35.9 Å². The molecular weight excluding hydrogens is 360 g/mol. The minimum atomic E-state index is -1.18. The number of hydrogen-bond acceptors (Lipinski definition) is 6. The predicted octanol–water partition coefficient (Wildman–Crippen LogP) is -0.504. The third kappa shape index (κ3) is 3.85. The van der Waals surface area contributed by atoms with E-state index in [0.29, 0.717) is 30.0 Å². The van der Waals surface area contributed by atoms with Crippen LogP contribution in [-0.4, -0.2) is 63.7 Å². The van der Waals surface area contributed by atoms with Crippen LogP contribution in [0.4, 0.5) is 0 Å². The number of aliphatic hydroxyl groups excluding tert-OH is 1. The van der Waals surface area contributed by atoms with Crippen molar-refractivity contribution in [3.05, 3.63) is 10.6 Å². The molecule has 0 radical (unpaired) electrons. The lowest BCUT2D eigenvalue weighted by Gasteiger charge is -2.47. The topological polar surface area (TPSA) is 159 Å². The second-order valence-corrected chi connectivity index (χ2v) is 7.49. The fourth-order valence-electron chi connectivity index (χ4n) is 3.59. The summed E-state index contributed by atoms with van der Waals surface area (Å²) >= 11 is 1.24. The summed E-state index contributed by atoms with van der Waals surface area (Å²) in [6, 6.07) is -0.383. The first kappa shape index (κ1) is 20.2. The average molecular weight is 384 g/mol. The molecule has 0 aliphatic carbocycles. The van der Waals surface area contributed by atoms with Crippen LogP contribution in [0.15, 0.2) is 15.6 Å². The van der Waals surface area contributed by atoms with E-state index in [1.54, 1.807) is 0 Å². The van der Waals surface area contributed by atoms with Crippen molar-refractivity contribution < 1.29 is 24.6 Å². The smallest absolute Gasteiger partial charge is 0.353 e. The van der Waals surface area contributed by atoms with E-state index in [9.17, 15) is 24.6 Å². The molecule has 0 saturated carbocycles. The van der Waals surface area contributed by atoms with E-state index in [0.717, 1.165) is 0 Å². The van der Waals surface area contributed by atoms with E-state index in [4.69, 9.17) is 11.5 Å². The zero-order chi connectivity index (χ0) is 19.4. The molecule has 0 spiro atoms. The van der Waals surface area contributed by atoms with Crippen molar-refractivity contribution in [1.29, 1.82) is 0 Å². The molecule has 10 heteroatoms. The third-order valence-corrected chi connectivity index (χ3v) is 5.86. The Morgan fingerprint density at radius 1 is 1.46 bits per heavy atom. The van der Waals surface area contributed by atoms with Gasteiger partial charge in [0, 0.05) is 29.5 Å². The number of fused-ring (bicyclic) bond motifs is 1. The number of amides is 2. The van der Waals surface area contributed by atoms with Crippen molar-refractivity contribution in [3.63, 3.8) is 0 Å². The van der Waals surface area contributed by atoms with E-state index in [2.05, 4.69) is 4.99 Å². The summed E-state index contributed by atoms with van der Waals surface area (Å²) in [6.07, 6.45) is 1.73. The van der Waals surface area contributed by atoms with Crippen LogP contribution in [0.5, 0.6) is 0 Å². The molecule has 1 saturated heterocycles. The Morgan fingerprint density at radius 3 is 2.69 bits per heavy atom. The fraction of sp³-hybridized carbons (Fsp3) is 0.625. The van der Waals surface area contributed by atoms with E-state index in [1.165, 1.54) is 29.9 Å². The van der Waals surface area contributed by atoms with E-state index >= 15 is 0 Å². The summed E-state index contributed by atoms with van der Waals surface area (Å²) in [5.41, 5.74) is 10.4. The molecule has 0 aromatic carbocycles. The highest BCUT2D eigenvalue weighted by Gasteiger charge is 2.60. The summed E-state index contributed by atoms with van der Waals surface area (Å²) < 4.78 is 0. The Bertz CT molecular complexity index is 649. The zero-order valence-corrected chi connectivity index (χ0v) is 15.3. The standard InChI is InChI=1S/C16H24N4O5S/c1-8(21)11-12-9(3-2-5-19-7-17)14(26-6-4-10(18)22)13(16(24)25)20(12)15(11)23/h7-9,11-12,21H,2-6H2,1H3,(H2,17,19)(H2,18,22)(H,24,25)/t8-,9-,11-,12-/m1/s1. The van der Waals surface area contributed by atoms with Crippen LogP contribution in [0.1, 0.15) is 26.2 Å². The lowest BCUT2D eigenvalue weighted by Crippen LogP contribution is -2.63. The van der Waals surface area contributed by atoms with E-state index in [1.807, 2.05) is 0 Å². The number of aliphatic carboxylic acids is 1. The molecule has 2 heterocycles. The molecule has 1 fully saturated rings. The van der Waals surface area contributed by atoms with Crippen LogP contribution in [-0.2, 0) is 14.4 Å². The van der Waals surface area contributed by atoms with Crippen molar-refractivity contribution in [3.8, 4) is 0 Å². The molecule has 144 valence electrons.